The van der Waals surface area contributed by atoms with Crippen molar-refractivity contribution in [1.82, 2.24) is 0 Å². The summed E-state index contributed by atoms with van der Waals surface area (Å²) in [5.41, 5.74) is 0.996. The van der Waals surface area contributed by atoms with E-state index in [4.69, 9.17) is 9.47 Å². The molecule has 0 unspecified atom stereocenters. The Hall–Kier alpha value is -2.70. The van der Waals surface area contributed by atoms with Crippen LogP contribution in [0.1, 0.15) is 27.1 Å². The van der Waals surface area contributed by atoms with Crippen molar-refractivity contribution in [2.45, 2.75) is 6.42 Å². The highest BCUT2D eigenvalue weighted by molar-refractivity contribution is 6.15. The van der Waals surface area contributed by atoms with Crippen molar-refractivity contribution in [3.63, 3.8) is 0 Å². The third-order valence-corrected chi connectivity index (χ3v) is 3.15. The third kappa shape index (κ3) is 5.83. The lowest BCUT2D eigenvalue weighted by atomic mass is 10.0. The van der Waals surface area contributed by atoms with E-state index in [0.29, 0.717) is 22.6 Å². The molecule has 2 aromatic carbocycles. The van der Waals surface area contributed by atoms with Gasteiger partial charge >= 0.3 is 7.83 Å². The second-order valence-electron chi connectivity index (χ2n) is 4.56. The largest absolute Gasteiger partial charge is 0.577 e. The molecule has 0 atom stereocenters. The Labute approximate surface area is 139 Å². The molecule has 0 spiro atoms. The average Bonchev–Trinajstić information content (AvgIpc) is 2.62. The van der Waals surface area contributed by atoms with Crippen molar-refractivity contribution in [1.29, 1.82) is 0 Å². The summed E-state index contributed by atoms with van der Waals surface area (Å²) >= 11 is 0. The molecule has 7 heteroatoms. The van der Waals surface area contributed by atoms with Crippen LogP contribution in [0.4, 0.5) is 8.63 Å². The molecule has 125 valence electrons. The second-order valence-corrected chi connectivity index (χ2v) is 4.56. The lowest BCUT2D eigenvalue weighted by Gasteiger charge is -2.04. The predicted molar refractivity (Wildman–Crippen MR) is 87.2 cm³/mol. The highest BCUT2D eigenvalue weighted by Gasteiger charge is 2.13. The number of ether oxygens (including phenoxy) is 2. The number of carbonyl (C=O) groups excluding carboxylic acids is 2. The van der Waals surface area contributed by atoms with Crippen LogP contribution in [-0.2, 0) is 0 Å². The maximum absolute atomic E-state index is 12.1. The zero-order chi connectivity index (χ0) is 17.9. The molecule has 1 radical (unpaired) electrons. The topological polar surface area (TPSA) is 52.6 Å². The second kappa shape index (κ2) is 10.1. The van der Waals surface area contributed by atoms with E-state index in [0.717, 1.165) is 0 Å². The van der Waals surface area contributed by atoms with Crippen molar-refractivity contribution >= 4 is 19.4 Å². The van der Waals surface area contributed by atoms with Crippen molar-refractivity contribution < 1.29 is 27.7 Å². The Morgan fingerprint density at radius 2 is 1.08 bits per heavy atom. The van der Waals surface area contributed by atoms with Gasteiger partial charge in [0.25, 0.3) is 0 Å². The Balaban J connectivity index is 0.000000891. The summed E-state index contributed by atoms with van der Waals surface area (Å²) in [4.78, 5) is 24.1. The first kappa shape index (κ1) is 19.4. The van der Waals surface area contributed by atoms with E-state index in [1.165, 1.54) is 0 Å². The zero-order valence-electron chi connectivity index (χ0n) is 13.3. The zero-order valence-corrected chi connectivity index (χ0v) is 13.3. The molecule has 2 aromatic rings. The van der Waals surface area contributed by atoms with Crippen LogP contribution in [0.2, 0.25) is 0 Å². The number of benzene rings is 2. The molecule has 0 fully saturated rings. The number of ketones is 2. The smallest absolute Gasteiger partial charge is 0.497 e. The standard InChI is InChI=1S/C17H16O4.BF2/c1-20-14-7-3-12(4-8-14)16(18)11-17(19)13-5-9-15(21-2)10-6-13;2-1-3/h3-10H,11H2,1-2H3;. The molecule has 24 heavy (non-hydrogen) atoms. The Morgan fingerprint density at radius 1 is 0.792 bits per heavy atom. The van der Waals surface area contributed by atoms with Gasteiger partial charge in [-0.3, -0.25) is 18.2 Å². The minimum absolute atomic E-state index is 0.154. The van der Waals surface area contributed by atoms with Gasteiger partial charge in [-0.05, 0) is 48.5 Å². The highest BCUT2D eigenvalue weighted by Crippen LogP contribution is 2.16. The lowest BCUT2D eigenvalue weighted by molar-refractivity contribution is 0.0894. The summed E-state index contributed by atoms with van der Waals surface area (Å²) in [6.07, 6.45) is -0.154. The number of halogens is 2. The fourth-order valence-electron chi connectivity index (χ4n) is 1.90. The van der Waals surface area contributed by atoms with Crippen LogP contribution in [0, 0.1) is 0 Å². The van der Waals surface area contributed by atoms with Gasteiger partial charge in [-0.15, -0.1) is 0 Å². The molecule has 0 saturated carbocycles. The van der Waals surface area contributed by atoms with E-state index >= 15 is 0 Å². The van der Waals surface area contributed by atoms with E-state index in [9.17, 15) is 18.2 Å². The molecule has 0 N–H and O–H groups in total. The van der Waals surface area contributed by atoms with Gasteiger partial charge in [0.1, 0.15) is 11.5 Å². The molecule has 0 bridgehead atoms. The van der Waals surface area contributed by atoms with Crippen LogP contribution in [-0.4, -0.2) is 33.6 Å². The Kier molecular flexibility index (Phi) is 8.18. The Bertz CT molecular complexity index is 600. The molecule has 4 nitrogen and oxygen atoms in total. The van der Waals surface area contributed by atoms with Gasteiger partial charge < -0.3 is 9.47 Å². The van der Waals surface area contributed by atoms with Gasteiger partial charge in [0, 0.05) is 11.1 Å². The molecular weight excluding hydrogens is 317 g/mol. The number of methoxy groups -OCH3 is 2. The summed E-state index contributed by atoms with van der Waals surface area (Å²) in [7, 11) is 2.12. The monoisotopic (exact) mass is 333 g/mol. The predicted octanol–water partition coefficient (Wildman–Crippen LogP) is 3.62. The first-order chi connectivity index (χ1) is 11.5. The summed E-state index contributed by atoms with van der Waals surface area (Å²) in [5.74, 6) is 0.929. The number of hydrogen-bond donors (Lipinski definition) is 0. The fraction of sp³-hybridized carbons (Fsp3) is 0.176. The van der Waals surface area contributed by atoms with Gasteiger partial charge in [-0.1, -0.05) is 0 Å². The summed E-state index contributed by atoms with van der Waals surface area (Å²) in [6.45, 7) is 0. The fourth-order valence-corrected chi connectivity index (χ4v) is 1.90. The summed E-state index contributed by atoms with van der Waals surface area (Å²) in [5, 5.41) is 0. The molecule has 0 saturated heterocycles. The highest BCUT2D eigenvalue weighted by atomic mass is 19.2. The maximum Gasteiger partial charge on any atom is 0.577 e. The normalized spacial score (nSPS) is 9.33. The van der Waals surface area contributed by atoms with Crippen LogP contribution in [0.3, 0.4) is 0 Å². The van der Waals surface area contributed by atoms with Gasteiger partial charge in [-0.25, -0.2) is 0 Å². The lowest BCUT2D eigenvalue weighted by Crippen LogP contribution is -2.08. The maximum atomic E-state index is 12.1. The van der Waals surface area contributed by atoms with Crippen LogP contribution in [0.5, 0.6) is 11.5 Å². The summed E-state index contributed by atoms with van der Waals surface area (Å²) < 4.78 is 29.1. The first-order valence-corrected chi connectivity index (χ1v) is 6.92. The van der Waals surface area contributed by atoms with Crippen molar-refractivity contribution in [2.24, 2.45) is 0 Å². The number of carbonyl (C=O) groups is 2. The van der Waals surface area contributed by atoms with Crippen LogP contribution in [0.15, 0.2) is 48.5 Å². The van der Waals surface area contributed by atoms with E-state index in [-0.39, 0.29) is 18.0 Å². The van der Waals surface area contributed by atoms with Crippen LogP contribution < -0.4 is 9.47 Å². The number of Topliss-reactive ketones (excluding diaryl/α,β-unsaturated/α-hetero) is 2. The van der Waals surface area contributed by atoms with E-state index in [2.05, 4.69) is 0 Å². The average molecular weight is 333 g/mol. The van der Waals surface area contributed by atoms with Gasteiger partial charge in [0.15, 0.2) is 11.6 Å². The molecule has 0 amide bonds. The van der Waals surface area contributed by atoms with Gasteiger partial charge in [-0.2, -0.15) is 0 Å². The molecule has 0 heterocycles. The SMILES string of the molecule is COc1ccc(C(=O)CC(=O)c2ccc(OC)cc2)cc1.F[B]F. The van der Waals surface area contributed by atoms with Crippen molar-refractivity contribution in [2.75, 3.05) is 14.2 Å². The minimum Gasteiger partial charge on any atom is -0.497 e. The molecule has 0 aliphatic rings. The molecular formula is C17H16BF2O4. The van der Waals surface area contributed by atoms with Gasteiger partial charge in [0.05, 0.1) is 20.6 Å². The van der Waals surface area contributed by atoms with Crippen molar-refractivity contribution in [3.05, 3.63) is 59.7 Å². The van der Waals surface area contributed by atoms with Gasteiger partial charge in [0.2, 0.25) is 0 Å². The number of rotatable bonds is 6. The Morgan fingerprint density at radius 3 is 1.33 bits per heavy atom. The van der Waals surface area contributed by atoms with Crippen molar-refractivity contribution in [3.8, 4) is 11.5 Å². The molecule has 2 rings (SSSR count). The van der Waals surface area contributed by atoms with Crippen LogP contribution >= 0.6 is 0 Å². The van der Waals surface area contributed by atoms with Crippen LogP contribution in [0.25, 0.3) is 0 Å². The molecule has 0 aliphatic heterocycles. The van der Waals surface area contributed by atoms with E-state index in [1.54, 1.807) is 62.8 Å². The minimum atomic E-state index is -1.00. The van der Waals surface area contributed by atoms with E-state index < -0.39 is 7.83 Å². The quantitative estimate of drug-likeness (QED) is 0.460. The summed E-state index contributed by atoms with van der Waals surface area (Å²) in [6, 6.07) is 13.4. The number of hydrogen-bond acceptors (Lipinski definition) is 4. The first-order valence-electron chi connectivity index (χ1n) is 6.92. The van der Waals surface area contributed by atoms with E-state index in [1.807, 2.05) is 0 Å². The third-order valence-electron chi connectivity index (χ3n) is 3.15. The molecule has 0 aromatic heterocycles. The molecule has 0 aliphatic carbocycles.